The SMILES string of the molecule is C=CC1NC(=O)CNC(=O)CCCCCc2ccccc2NC1=O. The number of anilines is 1. The Kier molecular flexibility index (Phi) is 6.54. The molecule has 128 valence electrons. The van der Waals surface area contributed by atoms with Gasteiger partial charge in [0.1, 0.15) is 6.04 Å². The van der Waals surface area contributed by atoms with E-state index in [-0.39, 0.29) is 18.4 Å². The molecule has 0 fully saturated rings. The molecule has 6 heteroatoms. The van der Waals surface area contributed by atoms with Crippen LogP contribution in [-0.4, -0.2) is 30.3 Å². The molecule has 0 saturated carbocycles. The normalized spacial score (nSPS) is 20.5. The highest BCUT2D eigenvalue weighted by Crippen LogP contribution is 2.18. The predicted octanol–water partition coefficient (Wildman–Crippen LogP) is 1.53. The van der Waals surface area contributed by atoms with Crippen LogP contribution >= 0.6 is 0 Å². The van der Waals surface area contributed by atoms with Crippen LogP contribution in [0.4, 0.5) is 5.69 Å². The van der Waals surface area contributed by atoms with Gasteiger partial charge in [0.2, 0.25) is 11.8 Å². The number of hydrogen-bond donors (Lipinski definition) is 3. The highest BCUT2D eigenvalue weighted by molar-refractivity contribution is 5.99. The van der Waals surface area contributed by atoms with Crippen molar-refractivity contribution in [3.63, 3.8) is 0 Å². The molecule has 3 N–H and O–H groups in total. The molecule has 1 aliphatic heterocycles. The molecule has 24 heavy (non-hydrogen) atoms. The second kappa shape index (κ2) is 8.86. The second-order valence-electron chi connectivity index (χ2n) is 5.76. The van der Waals surface area contributed by atoms with Crippen molar-refractivity contribution in [1.82, 2.24) is 10.6 Å². The molecule has 1 aliphatic rings. The molecular formula is C18H23N3O3. The summed E-state index contributed by atoms with van der Waals surface area (Å²) in [6, 6.07) is 6.75. The lowest BCUT2D eigenvalue weighted by molar-refractivity contribution is -0.127. The van der Waals surface area contributed by atoms with E-state index in [1.165, 1.54) is 6.08 Å². The number of aryl methyl sites for hydroxylation is 1. The van der Waals surface area contributed by atoms with Crippen LogP contribution < -0.4 is 16.0 Å². The Labute approximate surface area is 141 Å². The summed E-state index contributed by atoms with van der Waals surface area (Å²) in [4.78, 5) is 35.9. The van der Waals surface area contributed by atoms with Crippen LogP contribution in [0.3, 0.4) is 0 Å². The van der Waals surface area contributed by atoms with Crippen molar-refractivity contribution in [3.05, 3.63) is 42.5 Å². The van der Waals surface area contributed by atoms with Crippen molar-refractivity contribution >= 4 is 23.4 Å². The largest absolute Gasteiger partial charge is 0.347 e. The Morgan fingerprint density at radius 1 is 1.00 bits per heavy atom. The Balaban J connectivity index is 2.17. The second-order valence-corrected chi connectivity index (χ2v) is 5.76. The molecule has 1 heterocycles. The molecule has 0 radical (unpaired) electrons. The Morgan fingerprint density at radius 3 is 2.54 bits per heavy atom. The van der Waals surface area contributed by atoms with Crippen LogP contribution in [0.15, 0.2) is 36.9 Å². The van der Waals surface area contributed by atoms with E-state index in [0.717, 1.165) is 36.9 Å². The van der Waals surface area contributed by atoms with Crippen LogP contribution in [0.5, 0.6) is 0 Å². The lowest BCUT2D eigenvalue weighted by Gasteiger charge is -2.16. The van der Waals surface area contributed by atoms with Gasteiger partial charge in [-0.1, -0.05) is 30.7 Å². The minimum absolute atomic E-state index is 0.146. The molecule has 0 bridgehead atoms. The molecule has 0 aliphatic carbocycles. The van der Waals surface area contributed by atoms with E-state index < -0.39 is 11.9 Å². The highest BCUT2D eigenvalue weighted by Gasteiger charge is 2.19. The number of benzene rings is 1. The topological polar surface area (TPSA) is 87.3 Å². The van der Waals surface area contributed by atoms with Crippen molar-refractivity contribution in [2.75, 3.05) is 11.9 Å². The summed E-state index contributed by atoms with van der Waals surface area (Å²) in [6.07, 6.45) is 5.21. The molecule has 6 nitrogen and oxygen atoms in total. The standard InChI is InChI=1S/C18H23N3O3/c1-2-14-18(24)21-15-10-7-6-9-13(15)8-4-3-5-11-16(22)19-12-17(23)20-14/h2,6-7,9-10,14H,1,3-5,8,11-12H2,(H,19,22)(H,20,23)(H,21,24). The van der Waals surface area contributed by atoms with Gasteiger partial charge < -0.3 is 16.0 Å². The number of carbonyl (C=O) groups is 3. The molecular weight excluding hydrogens is 306 g/mol. The van der Waals surface area contributed by atoms with Crippen molar-refractivity contribution in [3.8, 4) is 0 Å². The molecule has 1 atom stereocenters. The van der Waals surface area contributed by atoms with E-state index in [1.54, 1.807) is 0 Å². The average Bonchev–Trinajstić information content (AvgIpc) is 2.58. The minimum atomic E-state index is -0.854. The quantitative estimate of drug-likeness (QED) is 0.683. The fraction of sp³-hybridized carbons (Fsp3) is 0.389. The zero-order chi connectivity index (χ0) is 17.4. The maximum absolute atomic E-state index is 12.4. The number of fused-ring (bicyclic) bond motifs is 1. The van der Waals surface area contributed by atoms with Gasteiger partial charge in [-0.05, 0) is 30.9 Å². The molecule has 3 amide bonds. The summed E-state index contributed by atoms with van der Waals surface area (Å²) in [5, 5.41) is 7.96. The number of hydrogen-bond acceptors (Lipinski definition) is 3. The molecule has 2 rings (SSSR count). The summed E-state index contributed by atoms with van der Waals surface area (Å²) in [7, 11) is 0. The fourth-order valence-corrected chi connectivity index (χ4v) is 2.57. The number of nitrogens with one attached hydrogen (secondary N) is 3. The monoisotopic (exact) mass is 329 g/mol. The van der Waals surface area contributed by atoms with Gasteiger partial charge in [0.25, 0.3) is 5.91 Å². The molecule has 0 aromatic heterocycles. The van der Waals surface area contributed by atoms with Crippen molar-refractivity contribution in [2.24, 2.45) is 0 Å². The fourth-order valence-electron chi connectivity index (χ4n) is 2.57. The Bertz CT molecular complexity index is 628. The zero-order valence-electron chi connectivity index (χ0n) is 13.6. The van der Waals surface area contributed by atoms with Crippen LogP contribution in [0.2, 0.25) is 0 Å². The number of para-hydroxylation sites is 1. The summed E-state index contributed by atoms with van der Waals surface area (Å²) in [5.41, 5.74) is 1.78. The van der Waals surface area contributed by atoms with Crippen LogP contribution in [0, 0.1) is 0 Å². The third kappa shape index (κ3) is 5.22. The van der Waals surface area contributed by atoms with Gasteiger partial charge in [-0.25, -0.2) is 0 Å². The molecule has 0 spiro atoms. The summed E-state index contributed by atoms with van der Waals surface area (Å²) >= 11 is 0. The lowest BCUT2D eigenvalue weighted by Crippen LogP contribution is -2.46. The number of rotatable bonds is 1. The maximum atomic E-state index is 12.4. The van der Waals surface area contributed by atoms with Gasteiger partial charge >= 0.3 is 0 Å². The lowest BCUT2D eigenvalue weighted by atomic mass is 10.0. The number of carbonyl (C=O) groups excluding carboxylic acids is 3. The first kappa shape index (κ1) is 17.7. The first-order chi connectivity index (χ1) is 11.6. The summed E-state index contributed by atoms with van der Waals surface area (Å²) in [6.45, 7) is 3.45. The molecule has 1 unspecified atom stereocenters. The summed E-state index contributed by atoms with van der Waals surface area (Å²) in [5.74, 6) is -0.932. The van der Waals surface area contributed by atoms with E-state index >= 15 is 0 Å². The van der Waals surface area contributed by atoms with Crippen LogP contribution in [0.25, 0.3) is 0 Å². The van der Waals surface area contributed by atoms with Gasteiger partial charge in [-0.3, -0.25) is 14.4 Å². The van der Waals surface area contributed by atoms with Gasteiger partial charge in [0.05, 0.1) is 6.54 Å². The van der Waals surface area contributed by atoms with Gasteiger partial charge in [-0.2, -0.15) is 0 Å². The third-order valence-electron chi connectivity index (χ3n) is 3.91. The van der Waals surface area contributed by atoms with Crippen molar-refractivity contribution in [1.29, 1.82) is 0 Å². The van der Waals surface area contributed by atoms with Crippen LogP contribution in [0.1, 0.15) is 31.2 Å². The van der Waals surface area contributed by atoms with Crippen molar-refractivity contribution < 1.29 is 14.4 Å². The first-order valence-corrected chi connectivity index (χ1v) is 8.17. The number of amides is 3. The summed E-state index contributed by atoms with van der Waals surface area (Å²) < 4.78 is 0. The van der Waals surface area contributed by atoms with Gasteiger partial charge in [-0.15, -0.1) is 6.58 Å². The smallest absolute Gasteiger partial charge is 0.250 e. The van der Waals surface area contributed by atoms with E-state index in [1.807, 2.05) is 24.3 Å². The zero-order valence-corrected chi connectivity index (χ0v) is 13.6. The van der Waals surface area contributed by atoms with Gasteiger partial charge in [0.15, 0.2) is 0 Å². The average molecular weight is 329 g/mol. The predicted molar refractivity (Wildman–Crippen MR) is 92.4 cm³/mol. The molecule has 0 saturated heterocycles. The first-order valence-electron chi connectivity index (χ1n) is 8.17. The van der Waals surface area contributed by atoms with Crippen LogP contribution in [-0.2, 0) is 20.8 Å². The Morgan fingerprint density at radius 2 is 1.75 bits per heavy atom. The Hall–Kier alpha value is -2.63. The van der Waals surface area contributed by atoms with Crippen molar-refractivity contribution in [2.45, 2.75) is 38.1 Å². The van der Waals surface area contributed by atoms with E-state index in [9.17, 15) is 14.4 Å². The van der Waals surface area contributed by atoms with E-state index in [4.69, 9.17) is 0 Å². The molecule has 1 aromatic carbocycles. The highest BCUT2D eigenvalue weighted by atomic mass is 16.2. The molecule has 1 aromatic rings. The van der Waals surface area contributed by atoms with E-state index in [0.29, 0.717) is 6.42 Å². The van der Waals surface area contributed by atoms with E-state index in [2.05, 4.69) is 22.5 Å². The third-order valence-corrected chi connectivity index (χ3v) is 3.91. The maximum Gasteiger partial charge on any atom is 0.250 e. The van der Waals surface area contributed by atoms with Gasteiger partial charge in [0, 0.05) is 12.1 Å². The minimum Gasteiger partial charge on any atom is -0.347 e.